The number of carbonyl (C=O) groups is 1. The Bertz CT molecular complexity index is 1440. The Labute approximate surface area is 210 Å². The number of benzene rings is 3. The van der Waals surface area contributed by atoms with Crippen molar-refractivity contribution in [1.82, 2.24) is 4.31 Å². The quantitative estimate of drug-likeness (QED) is 0.452. The minimum Gasteiger partial charge on any atom is -0.322 e. The summed E-state index contributed by atoms with van der Waals surface area (Å²) in [6, 6.07) is 16.6. The third kappa shape index (κ3) is 6.12. The van der Waals surface area contributed by atoms with Crippen LogP contribution in [0.5, 0.6) is 0 Å². The second-order valence-electron chi connectivity index (χ2n) is 7.85. The van der Waals surface area contributed by atoms with Crippen LogP contribution < -0.4 is 14.3 Å². The van der Waals surface area contributed by atoms with E-state index in [9.17, 15) is 21.6 Å². The summed E-state index contributed by atoms with van der Waals surface area (Å²) in [5.74, 6) is -0.433. The highest BCUT2D eigenvalue weighted by molar-refractivity contribution is 7.92. The van der Waals surface area contributed by atoms with Crippen LogP contribution in [0.2, 0.25) is 5.02 Å². The number of rotatable bonds is 8. The molecule has 3 aromatic carbocycles. The zero-order valence-electron chi connectivity index (χ0n) is 19.5. The van der Waals surface area contributed by atoms with Gasteiger partial charge in [0, 0.05) is 37.4 Å². The van der Waals surface area contributed by atoms with Gasteiger partial charge < -0.3 is 5.32 Å². The molecule has 9 nitrogen and oxygen atoms in total. The molecule has 0 aliphatic carbocycles. The SMILES string of the molecule is Cc1ccc(NS(=O)(=O)c2ccc(NC(=O)c3ccc(N(C)S(=O)(=O)N(C)C)cc3)cc2)cc1Cl. The third-order valence-electron chi connectivity index (χ3n) is 5.15. The van der Waals surface area contributed by atoms with E-state index in [-0.39, 0.29) is 4.90 Å². The van der Waals surface area contributed by atoms with Gasteiger partial charge in [-0.1, -0.05) is 17.7 Å². The van der Waals surface area contributed by atoms with Crippen LogP contribution in [0.4, 0.5) is 17.1 Å². The van der Waals surface area contributed by atoms with E-state index in [4.69, 9.17) is 11.6 Å². The second-order valence-corrected chi connectivity index (χ2v) is 12.1. The molecule has 1 amide bonds. The summed E-state index contributed by atoms with van der Waals surface area (Å²) < 4.78 is 54.5. The number of halogens is 1. The van der Waals surface area contributed by atoms with Crippen LogP contribution in [0.15, 0.2) is 71.6 Å². The molecule has 0 fully saturated rings. The first-order valence-electron chi connectivity index (χ1n) is 10.3. The third-order valence-corrected chi connectivity index (χ3v) is 8.78. The fraction of sp³-hybridized carbons (Fsp3) is 0.174. The lowest BCUT2D eigenvalue weighted by molar-refractivity contribution is 0.102. The molecule has 0 bridgehead atoms. The summed E-state index contributed by atoms with van der Waals surface area (Å²) in [7, 11) is -3.22. The summed E-state index contributed by atoms with van der Waals surface area (Å²) >= 11 is 6.06. The van der Waals surface area contributed by atoms with E-state index in [0.29, 0.717) is 27.6 Å². The van der Waals surface area contributed by atoms with Gasteiger partial charge in [-0.25, -0.2) is 8.42 Å². The first kappa shape index (κ1) is 26.5. The average molecular weight is 537 g/mol. The molecule has 0 aliphatic rings. The lowest BCUT2D eigenvalue weighted by Gasteiger charge is -2.23. The van der Waals surface area contributed by atoms with Crippen molar-refractivity contribution in [2.24, 2.45) is 0 Å². The van der Waals surface area contributed by atoms with Crippen LogP contribution in [0.3, 0.4) is 0 Å². The Morgan fingerprint density at radius 3 is 1.94 bits per heavy atom. The zero-order chi connectivity index (χ0) is 26.0. The van der Waals surface area contributed by atoms with E-state index in [2.05, 4.69) is 10.0 Å². The van der Waals surface area contributed by atoms with Gasteiger partial charge in [-0.15, -0.1) is 0 Å². The van der Waals surface area contributed by atoms with Crippen LogP contribution in [-0.4, -0.2) is 48.2 Å². The first-order chi connectivity index (χ1) is 16.3. The standard InChI is InChI=1S/C23H25ClN4O5S2/c1-16-5-8-19(15-22(16)24)26-34(30,31)21-13-9-18(10-14-21)25-23(29)17-6-11-20(12-7-17)28(4)35(32,33)27(2)3/h5-15,26H,1-4H3,(H,25,29). The highest BCUT2D eigenvalue weighted by Crippen LogP contribution is 2.24. The largest absolute Gasteiger partial charge is 0.322 e. The summed E-state index contributed by atoms with van der Waals surface area (Å²) in [6.07, 6.45) is 0. The molecule has 0 spiro atoms. The molecular weight excluding hydrogens is 512 g/mol. The predicted octanol–water partition coefficient (Wildman–Crippen LogP) is 3.94. The van der Waals surface area contributed by atoms with Crippen molar-refractivity contribution in [2.45, 2.75) is 11.8 Å². The molecule has 186 valence electrons. The molecule has 0 saturated heterocycles. The van der Waals surface area contributed by atoms with Crippen molar-refractivity contribution in [2.75, 3.05) is 35.5 Å². The van der Waals surface area contributed by atoms with E-state index in [0.717, 1.165) is 14.2 Å². The van der Waals surface area contributed by atoms with E-state index >= 15 is 0 Å². The number of hydrogen-bond acceptors (Lipinski definition) is 5. The predicted molar refractivity (Wildman–Crippen MR) is 139 cm³/mol. The van der Waals surface area contributed by atoms with Crippen LogP contribution in [0.25, 0.3) is 0 Å². The molecule has 0 unspecified atom stereocenters. The fourth-order valence-corrected chi connectivity index (χ4v) is 5.10. The summed E-state index contributed by atoms with van der Waals surface area (Å²) in [5.41, 5.74) is 2.26. The number of nitrogens with zero attached hydrogens (tertiary/aromatic N) is 2. The molecule has 0 atom stereocenters. The highest BCUT2D eigenvalue weighted by atomic mass is 35.5. The van der Waals surface area contributed by atoms with E-state index in [1.165, 1.54) is 75.7 Å². The topological polar surface area (TPSA) is 116 Å². The minimum atomic E-state index is -3.85. The molecule has 12 heteroatoms. The van der Waals surface area contributed by atoms with Crippen LogP contribution in [-0.2, 0) is 20.2 Å². The average Bonchev–Trinajstić information content (AvgIpc) is 2.81. The van der Waals surface area contributed by atoms with Gasteiger partial charge in [0.2, 0.25) is 0 Å². The Kier molecular flexibility index (Phi) is 7.75. The van der Waals surface area contributed by atoms with Gasteiger partial charge in [0.1, 0.15) is 0 Å². The second kappa shape index (κ2) is 10.2. The fourth-order valence-electron chi connectivity index (χ4n) is 2.99. The van der Waals surface area contributed by atoms with Crippen LogP contribution in [0, 0.1) is 6.92 Å². The van der Waals surface area contributed by atoms with Crippen LogP contribution in [0.1, 0.15) is 15.9 Å². The van der Waals surface area contributed by atoms with Crippen molar-refractivity contribution < 1.29 is 21.6 Å². The summed E-state index contributed by atoms with van der Waals surface area (Å²) in [6.45, 7) is 1.82. The lowest BCUT2D eigenvalue weighted by atomic mass is 10.2. The summed E-state index contributed by atoms with van der Waals surface area (Å²) in [5, 5.41) is 3.13. The molecule has 2 N–H and O–H groups in total. The van der Waals surface area contributed by atoms with Gasteiger partial charge in [-0.2, -0.15) is 12.7 Å². The Balaban J connectivity index is 1.69. The number of aryl methyl sites for hydroxylation is 1. The molecule has 0 heterocycles. The van der Waals surface area contributed by atoms with E-state index in [1.807, 2.05) is 6.92 Å². The number of carbonyl (C=O) groups excluding carboxylic acids is 1. The van der Waals surface area contributed by atoms with Crippen molar-refractivity contribution in [3.05, 3.63) is 82.9 Å². The normalized spacial score (nSPS) is 11.8. The van der Waals surface area contributed by atoms with Gasteiger partial charge >= 0.3 is 10.2 Å². The maximum absolute atomic E-state index is 12.7. The maximum Gasteiger partial charge on any atom is 0.303 e. The van der Waals surface area contributed by atoms with Crippen molar-refractivity contribution >= 4 is 54.8 Å². The molecular formula is C23H25ClN4O5S2. The van der Waals surface area contributed by atoms with Gasteiger partial charge in [0.25, 0.3) is 15.9 Å². The van der Waals surface area contributed by atoms with Gasteiger partial charge in [-0.05, 0) is 73.2 Å². The van der Waals surface area contributed by atoms with Crippen molar-refractivity contribution in [3.8, 4) is 0 Å². The number of anilines is 3. The van der Waals surface area contributed by atoms with E-state index < -0.39 is 26.1 Å². The van der Waals surface area contributed by atoms with Crippen molar-refractivity contribution in [1.29, 1.82) is 0 Å². The monoisotopic (exact) mass is 536 g/mol. The van der Waals surface area contributed by atoms with E-state index in [1.54, 1.807) is 12.1 Å². The highest BCUT2D eigenvalue weighted by Gasteiger charge is 2.21. The minimum absolute atomic E-state index is 0.0155. The number of nitrogens with one attached hydrogen (secondary N) is 2. The Morgan fingerprint density at radius 2 is 1.40 bits per heavy atom. The molecule has 3 rings (SSSR count). The van der Waals surface area contributed by atoms with Gasteiger partial charge in [0.05, 0.1) is 16.3 Å². The molecule has 0 aliphatic heterocycles. The molecule has 3 aromatic rings. The van der Waals surface area contributed by atoms with Crippen LogP contribution >= 0.6 is 11.6 Å². The van der Waals surface area contributed by atoms with Gasteiger partial charge in [-0.3, -0.25) is 13.8 Å². The summed E-state index contributed by atoms with van der Waals surface area (Å²) in [4.78, 5) is 12.6. The molecule has 0 saturated carbocycles. The Hall–Kier alpha value is -3.12. The zero-order valence-corrected chi connectivity index (χ0v) is 21.9. The van der Waals surface area contributed by atoms with Gasteiger partial charge in [0.15, 0.2) is 0 Å². The lowest BCUT2D eigenvalue weighted by Crippen LogP contribution is -2.37. The van der Waals surface area contributed by atoms with Crippen molar-refractivity contribution in [3.63, 3.8) is 0 Å². The molecule has 35 heavy (non-hydrogen) atoms. The number of hydrogen-bond donors (Lipinski definition) is 2. The molecule has 0 aromatic heterocycles. The first-order valence-corrected chi connectivity index (χ1v) is 13.5. The smallest absolute Gasteiger partial charge is 0.303 e. The Morgan fingerprint density at radius 1 is 0.829 bits per heavy atom. The maximum atomic E-state index is 12.7. The molecule has 0 radical (unpaired) electrons. The number of sulfonamides is 1. The number of amides is 1.